The largest absolute Gasteiger partial charge is 0.481 e. The van der Waals surface area contributed by atoms with Crippen LogP contribution in [-0.4, -0.2) is 29.6 Å². The highest BCUT2D eigenvalue weighted by Gasteiger charge is 2.29. The van der Waals surface area contributed by atoms with Crippen LogP contribution in [-0.2, 0) is 16.0 Å². The van der Waals surface area contributed by atoms with Crippen molar-refractivity contribution in [2.45, 2.75) is 39.2 Å². The standard InChI is InChI=1S/C15H19NO4/c1-9-6-11-8-13(20-12(11)7-10(9)2)15(19)16-5-3-4-14(17)18/h6-7,13H,3-5,8H2,1-2H3,(H,16,19)(H,17,18)/t13-/m1/s1. The van der Waals surface area contributed by atoms with E-state index in [0.29, 0.717) is 19.4 Å². The van der Waals surface area contributed by atoms with E-state index in [1.165, 1.54) is 5.56 Å². The summed E-state index contributed by atoms with van der Waals surface area (Å²) in [6.07, 6.45) is 0.556. The predicted octanol–water partition coefficient (Wildman–Crippen LogP) is 1.59. The van der Waals surface area contributed by atoms with Crippen LogP contribution in [0.2, 0.25) is 0 Å². The molecular formula is C15H19NO4. The number of ether oxygens (including phenoxy) is 1. The Balaban J connectivity index is 1.87. The molecule has 1 amide bonds. The van der Waals surface area contributed by atoms with E-state index in [9.17, 15) is 9.59 Å². The highest BCUT2D eigenvalue weighted by Crippen LogP contribution is 2.31. The zero-order valence-corrected chi connectivity index (χ0v) is 11.7. The maximum atomic E-state index is 11.9. The van der Waals surface area contributed by atoms with E-state index < -0.39 is 12.1 Å². The fraction of sp³-hybridized carbons (Fsp3) is 0.467. The summed E-state index contributed by atoms with van der Waals surface area (Å²) in [4.78, 5) is 22.3. The van der Waals surface area contributed by atoms with Crippen molar-refractivity contribution in [3.05, 3.63) is 28.8 Å². The van der Waals surface area contributed by atoms with Crippen LogP contribution in [0.3, 0.4) is 0 Å². The van der Waals surface area contributed by atoms with Crippen molar-refractivity contribution in [1.29, 1.82) is 0 Å². The van der Waals surface area contributed by atoms with Crippen LogP contribution < -0.4 is 10.1 Å². The van der Waals surface area contributed by atoms with Crippen LogP contribution in [0.15, 0.2) is 12.1 Å². The average Bonchev–Trinajstić information content (AvgIpc) is 2.77. The monoisotopic (exact) mass is 277 g/mol. The molecule has 0 bridgehead atoms. The minimum atomic E-state index is -0.852. The number of aliphatic carboxylic acids is 1. The molecule has 1 aliphatic heterocycles. The number of amides is 1. The van der Waals surface area contributed by atoms with Crippen molar-refractivity contribution in [3.8, 4) is 5.75 Å². The number of carboxylic acid groups (broad SMARTS) is 1. The molecule has 0 radical (unpaired) electrons. The summed E-state index contributed by atoms with van der Waals surface area (Å²) in [6, 6.07) is 4.02. The molecule has 0 saturated heterocycles. The Bertz CT molecular complexity index is 508. The predicted molar refractivity (Wildman–Crippen MR) is 73.9 cm³/mol. The summed E-state index contributed by atoms with van der Waals surface area (Å²) in [5.41, 5.74) is 3.39. The molecule has 20 heavy (non-hydrogen) atoms. The maximum Gasteiger partial charge on any atom is 0.303 e. The molecule has 108 valence electrons. The number of hydrogen-bond donors (Lipinski definition) is 2. The van der Waals surface area contributed by atoms with Crippen molar-refractivity contribution < 1.29 is 19.4 Å². The molecule has 0 aromatic heterocycles. The molecule has 0 saturated carbocycles. The topological polar surface area (TPSA) is 75.6 Å². The van der Waals surface area contributed by atoms with Gasteiger partial charge in [0.25, 0.3) is 5.91 Å². The second kappa shape index (κ2) is 5.94. The Hall–Kier alpha value is -2.04. The van der Waals surface area contributed by atoms with Crippen LogP contribution in [0.1, 0.15) is 29.5 Å². The van der Waals surface area contributed by atoms with Crippen molar-refractivity contribution in [2.75, 3.05) is 6.54 Å². The Labute approximate surface area is 117 Å². The highest BCUT2D eigenvalue weighted by atomic mass is 16.5. The first-order valence-electron chi connectivity index (χ1n) is 6.73. The van der Waals surface area contributed by atoms with E-state index in [1.807, 2.05) is 19.9 Å². The van der Waals surface area contributed by atoms with E-state index >= 15 is 0 Å². The molecular weight excluding hydrogens is 258 g/mol. The third-order valence-corrected chi connectivity index (χ3v) is 3.51. The lowest BCUT2D eigenvalue weighted by Crippen LogP contribution is -2.38. The molecule has 5 heteroatoms. The summed E-state index contributed by atoms with van der Waals surface area (Å²) in [6.45, 7) is 4.41. The molecule has 2 N–H and O–H groups in total. The molecule has 2 rings (SSSR count). The summed E-state index contributed by atoms with van der Waals surface area (Å²) < 4.78 is 5.65. The fourth-order valence-corrected chi connectivity index (χ4v) is 2.22. The normalized spacial score (nSPS) is 16.4. The number of carboxylic acids is 1. The van der Waals surface area contributed by atoms with Crippen LogP contribution in [0.5, 0.6) is 5.75 Å². The van der Waals surface area contributed by atoms with Gasteiger partial charge in [0, 0.05) is 19.4 Å². The van der Waals surface area contributed by atoms with Gasteiger partial charge in [0.1, 0.15) is 5.75 Å². The van der Waals surface area contributed by atoms with Gasteiger partial charge in [-0.15, -0.1) is 0 Å². The zero-order chi connectivity index (χ0) is 14.7. The van der Waals surface area contributed by atoms with Gasteiger partial charge >= 0.3 is 5.97 Å². The number of nitrogens with one attached hydrogen (secondary N) is 1. The second-order valence-electron chi connectivity index (χ2n) is 5.14. The van der Waals surface area contributed by atoms with E-state index in [0.717, 1.165) is 16.9 Å². The second-order valence-corrected chi connectivity index (χ2v) is 5.14. The fourth-order valence-electron chi connectivity index (χ4n) is 2.22. The van der Waals surface area contributed by atoms with E-state index in [4.69, 9.17) is 9.84 Å². The summed E-state index contributed by atoms with van der Waals surface area (Å²) in [5, 5.41) is 11.2. The van der Waals surface area contributed by atoms with Gasteiger partial charge in [-0.2, -0.15) is 0 Å². The number of benzene rings is 1. The van der Waals surface area contributed by atoms with Gasteiger partial charge < -0.3 is 15.2 Å². The molecule has 1 aromatic rings. The van der Waals surface area contributed by atoms with Crippen molar-refractivity contribution in [2.24, 2.45) is 0 Å². The molecule has 0 unspecified atom stereocenters. The number of carbonyl (C=O) groups excluding carboxylic acids is 1. The maximum absolute atomic E-state index is 11.9. The van der Waals surface area contributed by atoms with Gasteiger partial charge in [-0.1, -0.05) is 6.07 Å². The van der Waals surface area contributed by atoms with Crippen molar-refractivity contribution in [1.82, 2.24) is 5.32 Å². The van der Waals surface area contributed by atoms with Crippen molar-refractivity contribution >= 4 is 11.9 Å². The van der Waals surface area contributed by atoms with Gasteiger partial charge in [-0.3, -0.25) is 9.59 Å². The smallest absolute Gasteiger partial charge is 0.303 e. The highest BCUT2D eigenvalue weighted by molar-refractivity contribution is 5.82. The van der Waals surface area contributed by atoms with Gasteiger partial charge in [-0.25, -0.2) is 0 Å². The minimum absolute atomic E-state index is 0.0599. The molecule has 5 nitrogen and oxygen atoms in total. The summed E-state index contributed by atoms with van der Waals surface area (Å²) in [5.74, 6) is -0.254. The van der Waals surface area contributed by atoms with Gasteiger partial charge in [0.05, 0.1) is 0 Å². The first-order valence-corrected chi connectivity index (χ1v) is 6.73. The molecule has 1 aliphatic rings. The lowest BCUT2D eigenvalue weighted by Gasteiger charge is -2.11. The molecule has 0 spiro atoms. The van der Waals surface area contributed by atoms with Gasteiger partial charge in [0.2, 0.25) is 0 Å². The molecule has 0 fully saturated rings. The van der Waals surface area contributed by atoms with Gasteiger partial charge in [0.15, 0.2) is 6.10 Å². The molecule has 1 heterocycles. The van der Waals surface area contributed by atoms with Gasteiger partial charge in [-0.05, 0) is 43.0 Å². The Kier molecular flexibility index (Phi) is 4.27. The first kappa shape index (κ1) is 14.4. The van der Waals surface area contributed by atoms with Crippen molar-refractivity contribution in [3.63, 3.8) is 0 Å². The number of hydrogen-bond acceptors (Lipinski definition) is 3. The molecule has 1 atom stereocenters. The Morgan fingerprint density at radius 2 is 2.05 bits per heavy atom. The summed E-state index contributed by atoms with van der Waals surface area (Å²) >= 11 is 0. The number of rotatable bonds is 5. The Morgan fingerprint density at radius 1 is 1.35 bits per heavy atom. The Morgan fingerprint density at radius 3 is 2.75 bits per heavy atom. The van der Waals surface area contributed by atoms with E-state index in [2.05, 4.69) is 11.4 Å². The van der Waals surface area contributed by atoms with Crippen LogP contribution in [0.25, 0.3) is 0 Å². The number of fused-ring (bicyclic) bond motifs is 1. The average molecular weight is 277 g/mol. The van der Waals surface area contributed by atoms with Crippen LogP contribution >= 0.6 is 0 Å². The molecule has 1 aromatic carbocycles. The number of aryl methyl sites for hydroxylation is 2. The van der Waals surface area contributed by atoms with E-state index in [1.54, 1.807) is 0 Å². The lowest BCUT2D eigenvalue weighted by molar-refractivity contribution is -0.137. The third kappa shape index (κ3) is 3.29. The van der Waals surface area contributed by atoms with Crippen LogP contribution in [0, 0.1) is 13.8 Å². The minimum Gasteiger partial charge on any atom is -0.481 e. The lowest BCUT2D eigenvalue weighted by atomic mass is 10.0. The quantitative estimate of drug-likeness (QED) is 0.801. The van der Waals surface area contributed by atoms with E-state index in [-0.39, 0.29) is 12.3 Å². The third-order valence-electron chi connectivity index (χ3n) is 3.51. The first-order chi connectivity index (χ1) is 9.47. The molecule has 0 aliphatic carbocycles. The SMILES string of the molecule is Cc1cc2c(cc1C)O[C@@H](C(=O)NCCCC(=O)O)C2. The number of carbonyl (C=O) groups is 2. The summed E-state index contributed by atoms with van der Waals surface area (Å²) in [7, 11) is 0. The van der Waals surface area contributed by atoms with Crippen LogP contribution in [0.4, 0.5) is 0 Å². The zero-order valence-electron chi connectivity index (χ0n) is 11.7.